The van der Waals surface area contributed by atoms with Gasteiger partial charge in [0, 0.05) is 5.02 Å². The highest BCUT2D eigenvalue weighted by Gasteiger charge is 2.11. The lowest BCUT2D eigenvalue weighted by atomic mass is 10.2. The number of methoxy groups -OCH3 is 1. The maximum atomic E-state index is 12.0. The molecule has 2 aromatic carbocycles. The molecule has 104 valence electrons. The molecular formula is C15H12BrClO3. The summed E-state index contributed by atoms with van der Waals surface area (Å²) in [5.74, 6) is 0.616. The van der Waals surface area contributed by atoms with Crippen molar-refractivity contribution in [2.75, 3.05) is 7.11 Å². The zero-order valence-electron chi connectivity index (χ0n) is 10.9. The summed E-state index contributed by atoms with van der Waals surface area (Å²) in [5.41, 5.74) is 1.35. The lowest BCUT2D eigenvalue weighted by Gasteiger charge is -2.08. The molecule has 0 fully saturated rings. The minimum Gasteiger partial charge on any atom is -0.496 e. The molecule has 0 aromatic heterocycles. The topological polar surface area (TPSA) is 35.5 Å². The maximum Gasteiger partial charge on any atom is 0.343 e. The predicted molar refractivity (Wildman–Crippen MR) is 81.8 cm³/mol. The second-order valence-electron chi connectivity index (χ2n) is 4.15. The number of hydrogen-bond donors (Lipinski definition) is 0. The van der Waals surface area contributed by atoms with Gasteiger partial charge in [-0.3, -0.25) is 0 Å². The molecule has 0 bridgehead atoms. The molecule has 0 spiro atoms. The van der Waals surface area contributed by atoms with Crippen LogP contribution in [0.3, 0.4) is 0 Å². The number of benzene rings is 2. The molecule has 0 heterocycles. The monoisotopic (exact) mass is 354 g/mol. The predicted octanol–water partition coefficient (Wildman–Crippen LogP) is 4.64. The molecule has 0 amide bonds. The third kappa shape index (κ3) is 3.32. The average molecular weight is 356 g/mol. The van der Waals surface area contributed by atoms with Crippen LogP contribution in [-0.4, -0.2) is 13.1 Å². The van der Waals surface area contributed by atoms with Crippen molar-refractivity contribution >= 4 is 33.5 Å². The lowest BCUT2D eigenvalue weighted by molar-refractivity contribution is 0.0734. The molecule has 0 saturated heterocycles. The van der Waals surface area contributed by atoms with Gasteiger partial charge in [0.1, 0.15) is 11.5 Å². The first-order chi connectivity index (χ1) is 9.51. The summed E-state index contributed by atoms with van der Waals surface area (Å²) in [4.78, 5) is 12.0. The molecule has 0 aliphatic rings. The molecule has 0 radical (unpaired) electrons. The Kier molecular flexibility index (Phi) is 4.68. The van der Waals surface area contributed by atoms with Crippen molar-refractivity contribution in [1.82, 2.24) is 0 Å². The third-order valence-corrected chi connectivity index (χ3v) is 3.77. The fraction of sp³-hybridized carbons (Fsp3) is 0.133. The highest BCUT2D eigenvalue weighted by Crippen LogP contribution is 2.27. The van der Waals surface area contributed by atoms with E-state index in [-0.39, 0.29) is 0 Å². The van der Waals surface area contributed by atoms with E-state index in [9.17, 15) is 4.79 Å². The number of esters is 1. The first-order valence-electron chi connectivity index (χ1n) is 5.83. The molecule has 0 aliphatic carbocycles. The number of rotatable bonds is 3. The van der Waals surface area contributed by atoms with Crippen molar-refractivity contribution in [3.05, 3.63) is 57.0 Å². The molecule has 2 aromatic rings. The Balaban J connectivity index is 2.19. The van der Waals surface area contributed by atoms with Crippen molar-refractivity contribution in [3.8, 4) is 11.5 Å². The molecule has 0 aliphatic heterocycles. The van der Waals surface area contributed by atoms with Gasteiger partial charge in [0.15, 0.2) is 0 Å². The van der Waals surface area contributed by atoms with Crippen LogP contribution in [0.4, 0.5) is 0 Å². The summed E-state index contributed by atoms with van der Waals surface area (Å²) in [6.07, 6.45) is 0. The summed E-state index contributed by atoms with van der Waals surface area (Å²) in [6, 6.07) is 10.1. The third-order valence-electron chi connectivity index (χ3n) is 2.74. The summed E-state index contributed by atoms with van der Waals surface area (Å²) in [7, 11) is 1.56. The fourth-order valence-corrected chi connectivity index (χ4v) is 2.31. The van der Waals surface area contributed by atoms with Gasteiger partial charge in [-0.05, 0) is 58.7 Å². The van der Waals surface area contributed by atoms with Crippen LogP contribution in [-0.2, 0) is 0 Å². The molecule has 2 rings (SSSR count). The minimum atomic E-state index is -0.451. The Morgan fingerprint density at radius 3 is 2.55 bits per heavy atom. The standard InChI is InChI=1S/C15H12BrClO3/c1-9-3-5-11(8-13(9)17)20-15(18)10-4-6-14(19-2)12(16)7-10/h3-8H,1-2H3. The molecule has 0 unspecified atom stereocenters. The Labute approximate surface area is 130 Å². The highest BCUT2D eigenvalue weighted by atomic mass is 79.9. The number of ether oxygens (including phenoxy) is 2. The van der Waals surface area contributed by atoms with Crippen LogP contribution in [0.2, 0.25) is 5.02 Å². The van der Waals surface area contributed by atoms with Crippen molar-refractivity contribution in [1.29, 1.82) is 0 Å². The molecule has 3 nitrogen and oxygen atoms in total. The first kappa shape index (κ1) is 14.9. The summed E-state index contributed by atoms with van der Waals surface area (Å²) < 4.78 is 11.1. The highest BCUT2D eigenvalue weighted by molar-refractivity contribution is 9.10. The van der Waals surface area contributed by atoms with Gasteiger partial charge in [-0.25, -0.2) is 4.79 Å². The van der Waals surface area contributed by atoms with Gasteiger partial charge in [-0.1, -0.05) is 17.7 Å². The first-order valence-corrected chi connectivity index (χ1v) is 7.00. The van der Waals surface area contributed by atoms with E-state index in [0.29, 0.717) is 26.6 Å². The van der Waals surface area contributed by atoms with E-state index in [1.807, 2.05) is 6.92 Å². The van der Waals surface area contributed by atoms with Crippen LogP contribution < -0.4 is 9.47 Å². The number of aryl methyl sites for hydroxylation is 1. The lowest BCUT2D eigenvalue weighted by Crippen LogP contribution is -2.08. The smallest absolute Gasteiger partial charge is 0.343 e. The zero-order valence-corrected chi connectivity index (χ0v) is 13.3. The summed E-state index contributed by atoms with van der Waals surface area (Å²) in [5, 5.41) is 0.561. The van der Waals surface area contributed by atoms with Crippen molar-refractivity contribution in [2.24, 2.45) is 0 Å². The zero-order chi connectivity index (χ0) is 14.7. The van der Waals surface area contributed by atoms with Gasteiger partial charge < -0.3 is 9.47 Å². The van der Waals surface area contributed by atoms with E-state index in [2.05, 4.69) is 15.9 Å². The number of carbonyl (C=O) groups excluding carboxylic acids is 1. The van der Waals surface area contributed by atoms with E-state index in [0.717, 1.165) is 5.56 Å². The molecule has 5 heteroatoms. The largest absolute Gasteiger partial charge is 0.496 e. The molecular weight excluding hydrogens is 344 g/mol. The molecule has 20 heavy (non-hydrogen) atoms. The molecule has 0 saturated carbocycles. The van der Waals surface area contributed by atoms with Gasteiger partial charge in [-0.15, -0.1) is 0 Å². The van der Waals surface area contributed by atoms with Crippen LogP contribution in [0.5, 0.6) is 11.5 Å². The van der Waals surface area contributed by atoms with Gasteiger partial charge in [0.2, 0.25) is 0 Å². The second kappa shape index (κ2) is 6.29. The van der Waals surface area contributed by atoms with Gasteiger partial charge in [0.05, 0.1) is 17.1 Å². The van der Waals surface area contributed by atoms with E-state index < -0.39 is 5.97 Å². The molecule has 0 N–H and O–H groups in total. The van der Waals surface area contributed by atoms with Crippen molar-refractivity contribution in [3.63, 3.8) is 0 Å². The quantitative estimate of drug-likeness (QED) is 0.594. The Bertz CT molecular complexity index is 656. The average Bonchev–Trinajstić information content (AvgIpc) is 2.42. The van der Waals surface area contributed by atoms with E-state index in [4.69, 9.17) is 21.1 Å². The molecule has 0 atom stereocenters. The number of hydrogen-bond acceptors (Lipinski definition) is 3. The van der Waals surface area contributed by atoms with E-state index >= 15 is 0 Å². The van der Waals surface area contributed by atoms with Crippen LogP contribution in [0.25, 0.3) is 0 Å². The fourth-order valence-electron chi connectivity index (χ4n) is 1.60. The van der Waals surface area contributed by atoms with Gasteiger partial charge in [-0.2, -0.15) is 0 Å². The van der Waals surface area contributed by atoms with Crippen molar-refractivity contribution < 1.29 is 14.3 Å². The second-order valence-corrected chi connectivity index (χ2v) is 5.41. The van der Waals surface area contributed by atoms with Crippen LogP contribution in [0.1, 0.15) is 15.9 Å². The Hall–Kier alpha value is -1.52. The van der Waals surface area contributed by atoms with Crippen LogP contribution >= 0.6 is 27.5 Å². The minimum absolute atomic E-state index is 0.414. The normalized spacial score (nSPS) is 10.2. The Morgan fingerprint density at radius 1 is 1.20 bits per heavy atom. The van der Waals surface area contributed by atoms with Crippen LogP contribution in [0.15, 0.2) is 40.9 Å². The summed E-state index contributed by atoms with van der Waals surface area (Å²) >= 11 is 9.32. The number of halogens is 2. The van der Waals surface area contributed by atoms with Gasteiger partial charge in [0.25, 0.3) is 0 Å². The van der Waals surface area contributed by atoms with Crippen molar-refractivity contribution in [2.45, 2.75) is 6.92 Å². The van der Waals surface area contributed by atoms with Crippen LogP contribution in [0, 0.1) is 6.92 Å². The Morgan fingerprint density at radius 2 is 1.95 bits per heavy atom. The van der Waals surface area contributed by atoms with Gasteiger partial charge >= 0.3 is 5.97 Å². The maximum absolute atomic E-state index is 12.0. The van der Waals surface area contributed by atoms with E-state index in [1.165, 1.54) is 0 Å². The SMILES string of the molecule is COc1ccc(C(=O)Oc2ccc(C)c(Cl)c2)cc1Br. The number of carbonyl (C=O) groups is 1. The van der Waals surface area contributed by atoms with E-state index in [1.54, 1.807) is 43.5 Å². The summed E-state index contributed by atoms with van der Waals surface area (Å²) in [6.45, 7) is 1.88.